The molecule has 1 saturated carbocycles. The quantitative estimate of drug-likeness (QED) is 0.541. The predicted octanol–water partition coefficient (Wildman–Crippen LogP) is 3.24. The molecule has 0 aromatic heterocycles. The standard InChI is InChI=1S/C15H22O2/c1-11(2)6-7-15-12(3,4)8-9-14(10-16-14)13(15,5)17-15/h6-7H,1,8-10H2,2-5H3/b7-6+/t13-,14+,15+/m0/s1. The summed E-state index contributed by atoms with van der Waals surface area (Å²) in [5, 5.41) is 0. The van der Waals surface area contributed by atoms with Gasteiger partial charge in [0.1, 0.15) is 16.8 Å². The summed E-state index contributed by atoms with van der Waals surface area (Å²) in [6.45, 7) is 13.6. The van der Waals surface area contributed by atoms with Crippen molar-refractivity contribution in [3.8, 4) is 0 Å². The average molecular weight is 234 g/mol. The topological polar surface area (TPSA) is 25.1 Å². The van der Waals surface area contributed by atoms with Gasteiger partial charge in [0.2, 0.25) is 0 Å². The first-order chi connectivity index (χ1) is 7.79. The molecule has 3 aliphatic rings. The lowest BCUT2D eigenvalue weighted by molar-refractivity contribution is 0.120. The highest BCUT2D eigenvalue weighted by Crippen LogP contribution is 2.73. The minimum atomic E-state index is -0.159. The maximum Gasteiger partial charge on any atom is 0.131 e. The summed E-state index contributed by atoms with van der Waals surface area (Å²) in [6.07, 6.45) is 6.59. The number of ether oxygens (including phenoxy) is 2. The fraction of sp³-hybridized carbons (Fsp3) is 0.733. The Morgan fingerprint density at radius 1 is 1.24 bits per heavy atom. The first-order valence-electron chi connectivity index (χ1n) is 6.48. The van der Waals surface area contributed by atoms with Gasteiger partial charge in [-0.15, -0.1) is 0 Å². The maximum absolute atomic E-state index is 6.24. The Kier molecular flexibility index (Phi) is 1.93. The lowest BCUT2D eigenvalue weighted by Crippen LogP contribution is -2.50. The van der Waals surface area contributed by atoms with Gasteiger partial charge in [0.05, 0.1) is 6.61 Å². The summed E-state index contributed by atoms with van der Waals surface area (Å²) in [7, 11) is 0. The van der Waals surface area contributed by atoms with Crippen molar-refractivity contribution in [2.45, 2.75) is 57.3 Å². The van der Waals surface area contributed by atoms with Gasteiger partial charge in [0.25, 0.3) is 0 Å². The van der Waals surface area contributed by atoms with Crippen LogP contribution < -0.4 is 0 Å². The molecule has 2 saturated heterocycles. The van der Waals surface area contributed by atoms with Gasteiger partial charge in [-0.05, 0) is 32.8 Å². The van der Waals surface area contributed by atoms with Crippen LogP contribution in [0.3, 0.4) is 0 Å². The molecule has 2 heterocycles. The highest BCUT2D eigenvalue weighted by Gasteiger charge is 2.85. The zero-order valence-corrected chi connectivity index (χ0v) is 11.3. The lowest BCUT2D eigenvalue weighted by Gasteiger charge is -2.39. The van der Waals surface area contributed by atoms with Crippen LogP contribution in [0.15, 0.2) is 24.3 Å². The van der Waals surface area contributed by atoms with E-state index in [9.17, 15) is 0 Å². The molecule has 0 unspecified atom stereocenters. The van der Waals surface area contributed by atoms with Crippen LogP contribution in [0.1, 0.15) is 40.5 Å². The van der Waals surface area contributed by atoms with Gasteiger partial charge in [-0.2, -0.15) is 0 Å². The van der Waals surface area contributed by atoms with E-state index in [4.69, 9.17) is 9.47 Å². The molecule has 1 spiro atoms. The molecule has 0 radical (unpaired) electrons. The van der Waals surface area contributed by atoms with E-state index in [1.54, 1.807) is 0 Å². The molecule has 2 nitrogen and oxygen atoms in total. The van der Waals surface area contributed by atoms with Crippen molar-refractivity contribution in [2.75, 3.05) is 6.61 Å². The van der Waals surface area contributed by atoms with Gasteiger partial charge in [0.15, 0.2) is 0 Å². The largest absolute Gasteiger partial charge is 0.366 e. The number of epoxide rings is 2. The Morgan fingerprint density at radius 2 is 1.88 bits per heavy atom. The highest BCUT2D eigenvalue weighted by atomic mass is 16.7. The van der Waals surface area contributed by atoms with Crippen LogP contribution in [0.5, 0.6) is 0 Å². The second-order valence-corrected chi connectivity index (χ2v) is 6.72. The predicted molar refractivity (Wildman–Crippen MR) is 67.9 cm³/mol. The zero-order valence-electron chi connectivity index (χ0n) is 11.3. The average Bonchev–Trinajstić information content (AvgIpc) is 3.07. The Balaban J connectivity index is 1.99. The summed E-state index contributed by atoms with van der Waals surface area (Å²) in [5.74, 6) is 0. The van der Waals surface area contributed by atoms with Crippen molar-refractivity contribution in [1.29, 1.82) is 0 Å². The van der Waals surface area contributed by atoms with Crippen LogP contribution in [0, 0.1) is 5.41 Å². The van der Waals surface area contributed by atoms with Crippen LogP contribution in [0.4, 0.5) is 0 Å². The molecule has 2 heteroatoms. The first kappa shape index (κ1) is 11.5. The van der Waals surface area contributed by atoms with E-state index < -0.39 is 0 Å². The summed E-state index contributed by atoms with van der Waals surface area (Å²) in [4.78, 5) is 0. The van der Waals surface area contributed by atoms with Crippen LogP contribution in [-0.2, 0) is 9.47 Å². The molecule has 0 aromatic carbocycles. The van der Waals surface area contributed by atoms with Crippen molar-refractivity contribution < 1.29 is 9.47 Å². The molecular formula is C15H22O2. The van der Waals surface area contributed by atoms with Crippen LogP contribution >= 0.6 is 0 Å². The molecule has 1 aliphatic carbocycles. The third-order valence-electron chi connectivity index (χ3n) is 5.16. The molecule has 94 valence electrons. The number of allylic oxidation sites excluding steroid dienone is 2. The van der Waals surface area contributed by atoms with E-state index in [1.165, 1.54) is 0 Å². The number of hydrogen-bond acceptors (Lipinski definition) is 2. The second kappa shape index (κ2) is 2.86. The van der Waals surface area contributed by atoms with Crippen LogP contribution in [0.2, 0.25) is 0 Å². The number of rotatable bonds is 2. The SMILES string of the molecule is C=C(C)/C=C/[C@]12O[C@@]1(C)[C@@]1(CCC2(C)C)CO1. The third-order valence-corrected chi connectivity index (χ3v) is 5.16. The molecule has 2 aliphatic heterocycles. The summed E-state index contributed by atoms with van der Waals surface area (Å²) >= 11 is 0. The van der Waals surface area contributed by atoms with E-state index in [0.717, 1.165) is 25.0 Å². The molecule has 0 amide bonds. The fourth-order valence-electron chi connectivity index (χ4n) is 3.64. The first-order valence-corrected chi connectivity index (χ1v) is 6.48. The molecule has 17 heavy (non-hydrogen) atoms. The minimum absolute atomic E-state index is 0.00192. The van der Waals surface area contributed by atoms with Gasteiger partial charge < -0.3 is 9.47 Å². The van der Waals surface area contributed by atoms with Crippen molar-refractivity contribution >= 4 is 0 Å². The van der Waals surface area contributed by atoms with E-state index in [2.05, 4.69) is 39.5 Å². The monoisotopic (exact) mass is 234 g/mol. The van der Waals surface area contributed by atoms with E-state index in [1.807, 2.05) is 6.92 Å². The molecule has 0 N–H and O–H groups in total. The van der Waals surface area contributed by atoms with Gasteiger partial charge in [-0.25, -0.2) is 0 Å². The van der Waals surface area contributed by atoms with Crippen molar-refractivity contribution in [3.05, 3.63) is 24.3 Å². The highest BCUT2D eigenvalue weighted by molar-refractivity contribution is 5.41. The van der Waals surface area contributed by atoms with Crippen molar-refractivity contribution in [2.24, 2.45) is 5.41 Å². The molecule has 3 rings (SSSR count). The van der Waals surface area contributed by atoms with Crippen molar-refractivity contribution in [1.82, 2.24) is 0 Å². The molecule has 0 aromatic rings. The summed E-state index contributed by atoms with van der Waals surface area (Å²) in [5.41, 5.74) is 0.957. The summed E-state index contributed by atoms with van der Waals surface area (Å²) < 4.78 is 12.0. The second-order valence-electron chi connectivity index (χ2n) is 6.72. The molecule has 3 atom stereocenters. The lowest BCUT2D eigenvalue weighted by atomic mass is 9.60. The Labute approximate surface area is 104 Å². The van der Waals surface area contributed by atoms with Crippen LogP contribution in [-0.4, -0.2) is 23.4 Å². The van der Waals surface area contributed by atoms with E-state index in [-0.39, 0.29) is 22.2 Å². The Hall–Kier alpha value is -0.600. The minimum Gasteiger partial charge on any atom is -0.366 e. The van der Waals surface area contributed by atoms with Crippen molar-refractivity contribution in [3.63, 3.8) is 0 Å². The number of hydrogen-bond donors (Lipinski definition) is 0. The van der Waals surface area contributed by atoms with Gasteiger partial charge >= 0.3 is 0 Å². The van der Waals surface area contributed by atoms with Gasteiger partial charge in [-0.3, -0.25) is 0 Å². The Bertz CT molecular complexity index is 417. The molecular weight excluding hydrogens is 212 g/mol. The molecule has 0 bridgehead atoms. The fourth-order valence-corrected chi connectivity index (χ4v) is 3.64. The smallest absolute Gasteiger partial charge is 0.131 e. The summed E-state index contributed by atoms with van der Waals surface area (Å²) in [6, 6.07) is 0. The number of fused-ring (bicyclic) bond motifs is 2. The zero-order chi connectivity index (χ0) is 12.5. The van der Waals surface area contributed by atoms with E-state index in [0.29, 0.717) is 0 Å². The molecule has 3 fully saturated rings. The van der Waals surface area contributed by atoms with Gasteiger partial charge in [0, 0.05) is 5.41 Å². The Morgan fingerprint density at radius 3 is 2.41 bits per heavy atom. The van der Waals surface area contributed by atoms with E-state index >= 15 is 0 Å². The normalized spacial score (nSPS) is 50.4. The van der Waals surface area contributed by atoms with Crippen LogP contribution in [0.25, 0.3) is 0 Å². The third kappa shape index (κ3) is 1.18. The maximum atomic E-state index is 6.24. The van der Waals surface area contributed by atoms with Gasteiger partial charge in [-0.1, -0.05) is 32.1 Å².